The summed E-state index contributed by atoms with van der Waals surface area (Å²) in [6.07, 6.45) is 3.27. The van der Waals surface area contributed by atoms with Crippen LogP contribution in [-0.2, 0) is 4.74 Å². The quantitative estimate of drug-likeness (QED) is 0.759. The van der Waals surface area contributed by atoms with E-state index < -0.39 is 0 Å². The van der Waals surface area contributed by atoms with E-state index >= 15 is 0 Å². The predicted octanol–water partition coefficient (Wildman–Crippen LogP) is 2.46. The van der Waals surface area contributed by atoms with Crippen molar-refractivity contribution in [2.24, 2.45) is 0 Å². The normalized spacial score (nSPS) is 14.8. The van der Waals surface area contributed by atoms with Gasteiger partial charge in [0, 0.05) is 50.0 Å². The molecule has 8 nitrogen and oxygen atoms in total. The molecule has 0 saturated carbocycles. The Morgan fingerprint density at radius 3 is 2.81 bits per heavy atom. The van der Waals surface area contributed by atoms with Gasteiger partial charge in [-0.3, -0.25) is 4.79 Å². The molecule has 0 spiro atoms. The molecule has 2 aromatic rings. The largest absolute Gasteiger partial charge is 0.383 e. The van der Waals surface area contributed by atoms with Crippen LogP contribution in [0.4, 0.5) is 10.5 Å². The first kappa shape index (κ1) is 18.9. The number of hydrogen-bond donors (Lipinski definition) is 2. The lowest BCUT2D eigenvalue weighted by Crippen LogP contribution is -2.40. The standard InChI is InChI=1S/C19H24N4O4/c1-26-12-8-20-18(24)15-3-2-4-16(13-15)21-19(25)23-9-5-14(6-10-23)17-7-11-27-22-17/h2-4,7,11,13-14H,5-6,8-10,12H2,1H3,(H,20,24)(H,21,25). The number of carbonyl (C=O) groups excluding carboxylic acids is 2. The Bertz CT molecular complexity index is 755. The van der Waals surface area contributed by atoms with Gasteiger partial charge < -0.3 is 24.8 Å². The lowest BCUT2D eigenvalue weighted by atomic mass is 9.94. The Morgan fingerprint density at radius 1 is 1.30 bits per heavy atom. The third-order valence-corrected chi connectivity index (χ3v) is 4.63. The van der Waals surface area contributed by atoms with Crippen LogP contribution in [0, 0.1) is 0 Å². The van der Waals surface area contributed by atoms with E-state index in [-0.39, 0.29) is 11.9 Å². The Hall–Kier alpha value is -2.87. The molecule has 1 aromatic heterocycles. The first-order chi connectivity index (χ1) is 13.2. The predicted molar refractivity (Wildman–Crippen MR) is 99.7 cm³/mol. The highest BCUT2D eigenvalue weighted by atomic mass is 16.5. The summed E-state index contributed by atoms with van der Waals surface area (Å²) in [6.45, 7) is 2.19. The zero-order valence-electron chi connectivity index (χ0n) is 15.3. The number of urea groups is 1. The molecular weight excluding hydrogens is 348 g/mol. The average molecular weight is 372 g/mol. The molecular formula is C19H24N4O4. The topological polar surface area (TPSA) is 96.7 Å². The average Bonchev–Trinajstić information content (AvgIpc) is 3.23. The Labute approximate surface area is 157 Å². The van der Waals surface area contributed by atoms with E-state index in [0.29, 0.717) is 43.4 Å². The van der Waals surface area contributed by atoms with Crippen molar-refractivity contribution in [3.63, 3.8) is 0 Å². The van der Waals surface area contributed by atoms with E-state index in [1.165, 1.54) is 0 Å². The molecule has 0 aliphatic carbocycles. The summed E-state index contributed by atoms with van der Waals surface area (Å²) in [5.74, 6) is 0.128. The fourth-order valence-corrected chi connectivity index (χ4v) is 3.12. The molecule has 1 aliphatic heterocycles. The van der Waals surface area contributed by atoms with Crippen molar-refractivity contribution in [1.29, 1.82) is 0 Å². The van der Waals surface area contributed by atoms with Crippen LogP contribution < -0.4 is 10.6 Å². The number of ether oxygens (including phenoxy) is 1. The molecule has 0 radical (unpaired) electrons. The van der Waals surface area contributed by atoms with E-state index in [1.807, 2.05) is 6.07 Å². The number of anilines is 1. The maximum absolute atomic E-state index is 12.5. The molecule has 0 bridgehead atoms. The summed E-state index contributed by atoms with van der Waals surface area (Å²) < 4.78 is 9.82. The summed E-state index contributed by atoms with van der Waals surface area (Å²) in [6, 6.07) is 8.61. The number of likely N-dealkylation sites (tertiary alicyclic amines) is 1. The monoisotopic (exact) mass is 372 g/mol. The number of nitrogens with one attached hydrogen (secondary N) is 2. The van der Waals surface area contributed by atoms with Gasteiger partial charge in [0.1, 0.15) is 6.26 Å². The van der Waals surface area contributed by atoms with Crippen LogP contribution in [0.15, 0.2) is 41.1 Å². The first-order valence-electron chi connectivity index (χ1n) is 9.01. The maximum Gasteiger partial charge on any atom is 0.321 e. The van der Waals surface area contributed by atoms with Gasteiger partial charge in [-0.05, 0) is 31.0 Å². The number of amides is 3. The zero-order valence-corrected chi connectivity index (χ0v) is 15.3. The Balaban J connectivity index is 1.52. The van der Waals surface area contributed by atoms with Crippen molar-refractivity contribution in [2.75, 3.05) is 38.7 Å². The van der Waals surface area contributed by atoms with Crippen molar-refractivity contribution in [1.82, 2.24) is 15.4 Å². The smallest absolute Gasteiger partial charge is 0.321 e. The fourth-order valence-electron chi connectivity index (χ4n) is 3.12. The number of methoxy groups -OCH3 is 1. The van der Waals surface area contributed by atoms with Crippen molar-refractivity contribution in [2.45, 2.75) is 18.8 Å². The van der Waals surface area contributed by atoms with E-state index in [0.717, 1.165) is 18.5 Å². The van der Waals surface area contributed by atoms with Crippen LogP contribution in [0.3, 0.4) is 0 Å². The van der Waals surface area contributed by atoms with Gasteiger partial charge in [-0.15, -0.1) is 0 Å². The number of hydrogen-bond acceptors (Lipinski definition) is 5. The second-order valence-electron chi connectivity index (χ2n) is 6.45. The summed E-state index contributed by atoms with van der Waals surface area (Å²) >= 11 is 0. The zero-order chi connectivity index (χ0) is 19.1. The molecule has 1 aliphatic rings. The number of rotatable bonds is 6. The van der Waals surface area contributed by atoms with E-state index in [4.69, 9.17) is 9.26 Å². The lowest BCUT2D eigenvalue weighted by Gasteiger charge is -2.31. The van der Waals surface area contributed by atoms with Gasteiger partial charge >= 0.3 is 6.03 Å². The van der Waals surface area contributed by atoms with Crippen LogP contribution in [0.5, 0.6) is 0 Å². The van der Waals surface area contributed by atoms with E-state index in [9.17, 15) is 9.59 Å². The molecule has 8 heteroatoms. The fraction of sp³-hybridized carbons (Fsp3) is 0.421. The van der Waals surface area contributed by atoms with Gasteiger partial charge in [-0.2, -0.15) is 0 Å². The number of carbonyl (C=O) groups is 2. The third-order valence-electron chi connectivity index (χ3n) is 4.63. The second-order valence-corrected chi connectivity index (χ2v) is 6.45. The highest BCUT2D eigenvalue weighted by Gasteiger charge is 2.25. The van der Waals surface area contributed by atoms with Gasteiger partial charge in [0.15, 0.2) is 0 Å². The van der Waals surface area contributed by atoms with Crippen LogP contribution in [0.2, 0.25) is 0 Å². The summed E-state index contributed by atoms with van der Waals surface area (Å²) in [7, 11) is 1.58. The van der Waals surface area contributed by atoms with Crippen molar-refractivity contribution < 1.29 is 18.8 Å². The minimum Gasteiger partial charge on any atom is -0.383 e. The SMILES string of the molecule is COCCNC(=O)c1cccc(NC(=O)N2CCC(c3ccon3)CC2)c1. The minimum absolute atomic E-state index is 0.162. The lowest BCUT2D eigenvalue weighted by molar-refractivity contribution is 0.0937. The van der Waals surface area contributed by atoms with Crippen LogP contribution in [0.25, 0.3) is 0 Å². The molecule has 1 aromatic carbocycles. The highest BCUT2D eigenvalue weighted by molar-refractivity contribution is 5.96. The van der Waals surface area contributed by atoms with Crippen molar-refractivity contribution in [3.05, 3.63) is 47.9 Å². The summed E-state index contributed by atoms with van der Waals surface area (Å²) in [5, 5.41) is 9.62. The molecule has 3 amide bonds. The molecule has 1 fully saturated rings. The van der Waals surface area contributed by atoms with Gasteiger partial charge in [0.05, 0.1) is 12.3 Å². The van der Waals surface area contributed by atoms with Crippen LogP contribution in [0.1, 0.15) is 34.8 Å². The van der Waals surface area contributed by atoms with Gasteiger partial charge in [0.25, 0.3) is 5.91 Å². The molecule has 0 atom stereocenters. The van der Waals surface area contributed by atoms with Crippen LogP contribution >= 0.6 is 0 Å². The number of benzene rings is 1. The Morgan fingerprint density at radius 2 is 2.11 bits per heavy atom. The minimum atomic E-state index is -0.198. The number of aromatic nitrogens is 1. The summed E-state index contributed by atoms with van der Waals surface area (Å²) in [4.78, 5) is 26.4. The van der Waals surface area contributed by atoms with Crippen LogP contribution in [-0.4, -0.2) is 55.3 Å². The van der Waals surface area contributed by atoms with E-state index in [2.05, 4.69) is 15.8 Å². The summed E-state index contributed by atoms with van der Waals surface area (Å²) in [5.41, 5.74) is 2.04. The number of piperidine rings is 1. The molecule has 0 unspecified atom stereocenters. The van der Waals surface area contributed by atoms with Gasteiger partial charge in [-0.25, -0.2) is 4.79 Å². The maximum atomic E-state index is 12.5. The first-order valence-corrected chi connectivity index (χ1v) is 9.01. The molecule has 2 N–H and O–H groups in total. The number of nitrogens with zero attached hydrogens (tertiary/aromatic N) is 2. The van der Waals surface area contributed by atoms with Crippen molar-refractivity contribution in [3.8, 4) is 0 Å². The van der Waals surface area contributed by atoms with Crippen molar-refractivity contribution >= 4 is 17.6 Å². The van der Waals surface area contributed by atoms with Gasteiger partial charge in [0.2, 0.25) is 0 Å². The highest BCUT2D eigenvalue weighted by Crippen LogP contribution is 2.27. The molecule has 144 valence electrons. The third kappa shape index (κ3) is 5.07. The second kappa shape index (κ2) is 9.18. The molecule has 27 heavy (non-hydrogen) atoms. The van der Waals surface area contributed by atoms with Gasteiger partial charge in [-0.1, -0.05) is 11.2 Å². The Kier molecular flexibility index (Phi) is 6.43. The molecule has 2 heterocycles. The molecule has 1 saturated heterocycles. The molecule has 3 rings (SSSR count). The van der Waals surface area contributed by atoms with E-state index in [1.54, 1.807) is 42.5 Å².